The van der Waals surface area contributed by atoms with Crippen LogP contribution in [-0.4, -0.2) is 21.3 Å². The van der Waals surface area contributed by atoms with Gasteiger partial charge in [-0.05, 0) is 24.1 Å². The third-order valence-corrected chi connectivity index (χ3v) is 2.44. The molecular weight excluding hydrogens is 208 g/mol. The molecule has 1 aromatic heterocycles. The summed E-state index contributed by atoms with van der Waals surface area (Å²) in [6.07, 6.45) is 0.792. The van der Waals surface area contributed by atoms with Gasteiger partial charge < -0.3 is 5.11 Å². The maximum absolute atomic E-state index is 11.8. The number of benzene rings is 1. The summed E-state index contributed by atoms with van der Waals surface area (Å²) in [6, 6.07) is 5.30. The van der Waals surface area contributed by atoms with Crippen LogP contribution in [0.15, 0.2) is 23.0 Å². The van der Waals surface area contributed by atoms with Gasteiger partial charge in [-0.1, -0.05) is 13.0 Å². The van der Waals surface area contributed by atoms with Crippen LogP contribution >= 0.6 is 0 Å². The van der Waals surface area contributed by atoms with Crippen molar-refractivity contribution in [1.82, 2.24) is 10.2 Å². The summed E-state index contributed by atoms with van der Waals surface area (Å²) < 4.78 is 0. The number of aromatic carboxylic acids is 1. The average molecular weight is 218 g/mol. The van der Waals surface area contributed by atoms with E-state index in [0.29, 0.717) is 10.9 Å². The lowest BCUT2D eigenvalue weighted by Crippen LogP contribution is -2.18. The highest BCUT2D eigenvalue weighted by atomic mass is 16.4. The van der Waals surface area contributed by atoms with Crippen molar-refractivity contribution >= 4 is 16.9 Å². The SMILES string of the molecule is CCc1ccc2[nH]nc(C(=O)O)c(=O)c2c1. The van der Waals surface area contributed by atoms with Crippen LogP contribution in [0.5, 0.6) is 0 Å². The van der Waals surface area contributed by atoms with E-state index in [2.05, 4.69) is 10.2 Å². The molecule has 0 aliphatic rings. The highest BCUT2D eigenvalue weighted by Gasteiger charge is 2.13. The second-order valence-corrected chi connectivity index (χ2v) is 3.44. The maximum atomic E-state index is 11.8. The second kappa shape index (κ2) is 3.77. The van der Waals surface area contributed by atoms with Gasteiger partial charge in [0.15, 0.2) is 0 Å². The van der Waals surface area contributed by atoms with Crippen molar-refractivity contribution in [3.8, 4) is 0 Å². The first-order valence-corrected chi connectivity index (χ1v) is 4.88. The summed E-state index contributed by atoms with van der Waals surface area (Å²) in [5.41, 5.74) is 0.519. The van der Waals surface area contributed by atoms with Crippen LogP contribution in [-0.2, 0) is 6.42 Å². The molecule has 2 N–H and O–H groups in total. The monoisotopic (exact) mass is 218 g/mol. The van der Waals surface area contributed by atoms with Crippen molar-refractivity contribution in [3.05, 3.63) is 39.7 Å². The van der Waals surface area contributed by atoms with Gasteiger partial charge in [0.05, 0.1) is 5.52 Å². The van der Waals surface area contributed by atoms with E-state index >= 15 is 0 Å². The molecular formula is C11H10N2O3. The zero-order valence-corrected chi connectivity index (χ0v) is 8.65. The van der Waals surface area contributed by atoms with Gasteiger partial charge >= 0.3 is 5.97 Å². The van der Waals surface area contributed by atoms with Crippen LogP contribution in [0.1, 0.15) is 23.0 Å². The van der Waals surface area contributed by atoms with Crippen molar-refractivity contribution in [2.75, 3.05) is 0 Å². The predicted octanol–water partition coefficient (Wildman–Crippen LogP) is 1.18. The Morgan fingerprint density at radius 2 is 2.25 bits per heavy atom. The van der Waals surface area contributed by atoms with Crippen LogP contribution in [0, 0.1) is 0 Å². The molecule has 0 radical (unpaired) electrons. The molecule has 0 saturated heterocycles. The number of nitrogens with zero attached hydrogens (tertiary/aromatic N) is 1. The van der Waals surface area contributed by atoms with Gasteiger partial charge in [0.1, 0.15) is 0 Å². The number of hydrogen-bond donors (Lipinski definition) is 2. The number of rotatable bonds is 2. The van der Waals surface area contributed by atoms with Crippen molar-refractivity contribution < 1.29 is 9.90 Å². The lowest BCUT2D eigenvalue weighted by atomic mass is 10.1. The minimum absolute atomic E-state index is 0.367. The van der Waals surface area contributed by atoms with Gasteiger partial charge in [-0.2, -0.15) is 5.10 Å². The first-order valence-electron chi connectivity index (χ1n) is 4.88. The van der Waals surface area contributed by atoms with Gasteiger partial charge in [0.2, 0.25) is 11.1 Å². The smallest absolute Gasteiger partial charge is 0.360 e. The number of carboxylic acids is 1. The van der Waals surface area contributed by atoms with Gasteiger partial charge in [-0.15, -0.1) is 0 Å². The Morgan fingerprint density at radius 1 is 1.50 bits per heavy atom. The van der Waals surface area contributed by atoms with E-state index in [0.717, 1.165) is 12.0 Å². The molecule has 16 heavy (non-hydrogen) atoms. The number of nitrogens with one attached hydrogen (secondary N) is 1. The highest BCUT2D eigenvalue weighted by Crippen LogP contribution is 2.10. The van der Waals surface area contributed by atoms with E-state index in [9.17, 15) is 9.59 Å². The molecule has 5 heteroatoms. The predicted molar refractivity (Wildman–Crippen MR) is 58.7 cm³/mol. The third-order valence-electron chi connectivity index (χ3n) is 2.44. The molecule has 0 amide bonds. The van der Waals surface area contributed by atoms with E-state index in [-0.39, 0.29) is 0 Å². The van der Waals surface area contributed by atoms with E-state index in [1.807, 2.05) is 13.0 Å². The number of aromatic amines is 1. The standard InChI is InChI=1S/C11H10N2O3/c1-2-6-3-4-8-7(5-6)10(14)9(11(15)16)13-12-8/h3-5H,2H2,1H3,(H,12,14)(H,15,16). The molecule has 0 atom stereocenters. The Labute approximate surface area is 90.7 Å². The Bertz CT molecular complexity index is 616. The number of aromatic nitrogens is 2. The molecule has 5 nitrogen and oxygen atoms in total. The number of H-pyrrole nitrogens is 1. The Kier molecular flexibility index (Phi) is 2.44. The molecule has 0 unspecified atom stereocenters. The van der Waals surface area contributed by atoms with Crippen LogP contribution in [0.3, 0.4) is 0 Å². The zero-order chi connectivity index (χ0) is 11.7. The fourth-order valence-corrected chi connectivity index (χ4v) is 1.54. The number of fused-ring (bicyclic) bond motifs is 1. The number of aryl methyl sites for hydroxylation is 1. The lowest BCUT2D eigenvalue weighted by Gasteiger charge is -2.01. The van der Waals surface area contributed by atoms with Crippen LogP contribution in [0.4, 0.5) is 0 Å². The molecule has 0 spiro atoms. The quantitative estimate of drug-likeness (QED) is 0.792. The first-order chi connectivity index (χ1) is 7.63. The Morgan fingerprint density at radius 3 is 2.88 bits per heavy atom. The number of carbonyl (C=O) groups is 1. The molecule has 0 aliphatic heterocycles. The second-order valence-electron chi connectivity index (χ2n) is 3.44. The molecule has 0 bridgehead atoms. The fraction of sp³-hybridized carbons (Fsp3) is 0.182. The van der Waals surface area contributed by atoms with Crippen LogP contribution < -0.4 is 5.43 Å². The van der Waals surface area contributed by atoms with Crippen molar-refractivity contribution in [2.45, 2.75) is 13.3 Å². The van der Waals surface area contributed by atoms with Crippen LogP contribution in [0.25, 0.3) is 10.9 Å². The Hall–Kier alpha value is -2.17. The summed E-state index contributed by atoms with van der Waals surface area (Å²) in [5, 5.41) is 15.2. The molecule has 0 aliphatic carbocycles. The summed E-state index contributed by atoms with van der Waals surface area (Å²) >= 11 is 0. The topological polar surface area (TPSA) is 83.1 Å². The third kappa shape index (κ3) is 1.56. The molecule has 2 aromatic rings. The van der Waals surface area contributed by atoms with E-state index < -0.39 is 17.1 Å². The zero-order valence-electron chi connectivity index (χ0n) is 8.65. The van der Waals surface area contributed by atoms with Gasteiger partial charge in [0, 0.05) is 5.39 Å². The van der Waals surface area contributed by atoms with E-state index in [1.165, 1.54) is 0 Å². The van der Waals surface area contributed by atoms with Crippen molar-refractivity contribution in [2.24, 2.45) is 0 Å². The van der Waals surface area contributed by atoms with Gasteiger partial charge in [-0.25, -0.2) is 4.79 Å². The van der Waals surface area contributed by atoms with E-state index in [4.69, 9.17) is 5.11 Å². The molecule has 0 saturated carbocycles. The fourth-order valence-electron chi connectivity index (χ4n) is 1.54. The first kappa shape index (κ1) is 10.4. The largest absolute Gasteiger partial charge is 0.476 e. The number of hydrogen-bond acceptors (Lipinski definition) is 3. The Balaban J connectivity index is 2.81. The van der Waals surface area contributed by atoms with Crippen molar-refractivity contribution in [1.29, 1.82) is 0 Å². The molecule has 1 heterocycles. The van der Waals surface area contributed by atoms with Gasteiger partial charge in [0.25, 0.3) is 0 Å². The van der Waals surface area contributed by atoms with E-state index in [1.54, 1.807) is 12.1 Å². The highest BCUT2D eigenvalue weighted by molar-refractivity contribution is 5.90. The molecule has 2 rings (SSSR count). The molecule has 0 fully saturated rings. The number of carboxylic acid groups (broad SMARTS) is 1. The lowest BCUT2D eigenvalue weighted by molar-refractivity contribution is 0.0688. The normalized spacial score (nSPS) is 10.6. The average Bonchev–Trinajstić information content (AvgIpc) is 2.28. The van der Waals surface area contributed by atoms with Gasteiger partial charge in [-0.3, -0.25) is 9.89 Å². The minimum atomic E-state index is -1.31. The summed E-state index contributed by atoms with van der Waals surface area (Å²) in [5.74, 6) is -1.31. The summed E-state index contributed by atoms with van der Waals surface area (Å²) in [6.45, 7) is 1.97. The summed E-state index contributed by atoms with van der Waals surface area (Å²) in [7, 11) is 0. The molecule has 1 aromatic carbocycles. The van der Waals surface area contributed by atoms with Crippen LogP contribution in [0.2, 0.25) is 0 Å². The minimum Gasteiger partial charge on any atom is -0.476 e. The van der Waals surface area contributed by atoms with Crippen molar-refractivity contribution in [3.63, 3.8) is 0 Å². The summed E-state index contributed by atoms with van der Waals surface area (Å²) in [4.78, 5) is 22.5. The molecule has 82 valence electrons. The maximum Gasteiger partial charge on any atom is 0.360 e.